The predicted molar refractivity (Wildman–Crippen MR) is 102 cm³/mol. The molecule has 1 saturated heterocycles. The van der Waals surface area contributed by atoms with Crippen molar-refractivity contribution in [3.05, 3.63) is 53.5 Å². The standard InChI is InChI=1S/C19H17F2N7O/c1-10(18-12(20)6-13-11(19(18)21)7-24-25-13)14-8-23-15-2-3-16(26-28(14)15)27-5-4-22-17(29)9-27/h2-3,6-8,10H,4-5,9H2,1H3,(H,22,29)(H,24,25). The van der Waals surface area contributed by atoms with E-state index in [0.29, 0.717) is 35.8 Å². The van der Waals surface area contributed by atoms with Crippen molar-refractivity contribution in [2.75, 3.05) is 24.5 Å². The van der Waals surface area contributed by atoms with Crippen LogP contribution in [0.15, 0.2) is 30.6 Å². The number of carbonyl (C=O) groups excluding carboxylic acids is 1. The molecule has 10 heteroatoms. The summed E-state index contributed by atoms with van der Waals surface area (Å²) in [5.41, 5.74) is 1.34. The van der Waals surface area contributed by atoms with Crippen molar-refractivity contribution in [1.82, 2.24) is 30.1 Å². The molecule has 5 rings (SSSR count). The molecule has 0 spiro atoms. The SMILES string of the molecule is CC(c1c(F)cc2[nH]ncc2c1F)c1cnc2ccc(N3CCNC(=O)C3)nn12. The van der Waals surface area contributed by atoms with Crippen LogP contribution in [0.5, 0.6) is 0 Å². The van der Waals surface area contributed by atoms with E-state index in [0.717, 1.165) is 0 Å². The molecular weight excluding hydrogens is 380 g/mol. The van der Waals surface area contributed by atoms with Gasteiger partial charge >= 0.3 is 0 Å². The fraction of sp³-hybridized carbons (Fsp3) is 0.263. The number of piperazine rings is 1. The highest BCUT2D eigenvalue weighted by atomic mass is 19.1. The first-order valence-electron chi connectivity index (χ1n) is 9.20. The van der Waals surface area contributed by atoms with E-state index in [1.165, 1.54) is 12.3 Å². The van der Waals surface area contributed by atoms with Gasteiger partial charge in [-0.15, -0.1) is 5.10 Å². The topological polar surface area (TPSA) is 91.2 Å². The lowest BCUT2D eigenvalue weighted by Crippen LogP contribution is -2.48. The number of aromatic nitrogens is 5. The Kier molecular flexibility index (Phi) is 3.93. The van der Waals surface area contributed by atoms with Gasteiger partial charge in [-0.25, -0.2) is 18.3 Å². The Bertz CT molecular complexity index is 1250. The highest BCUT2D eigenvalue weighted by Gasteiger charge is 2.25. The Morgan fingerprint density at radius 3 is 2.93 bits per heavy atom. The lowest BCUT2D eigenvalue weighted by atomic mass is 9.95. The highest BCUT2D eigenvalue weighted by molar-refractivity contribution is 5.82. The second kappa shape index (κ2) is 6.50. The van der Waals surface area contributed by atoms with Gasteiger partial charge in [0.1, 0.15) is 17.5 Å². The third-order valence-electron chi connectivity index (χ3n) is 5.28. The minimum atomic E-state index is -0.662. The zero-order chi connectivity index (χ0) is 20.1. The van der Waals surface area contributed by atoms with Crippen molar-refractivity contribution in [3.8, 4) is 0 Å². The summed E-state index contributed by atoms with van der Waals surface area (Å²) in [5.74, 6) is -1.43. The summed E-state index contributed by atoms with van der Waals surface area (Å²) in [6, 6.07) is 4.80. The Morgan fingerprint density at radius 1 is 1.24 bits per heavy atom. The van der Waals surface area contributed by atoms with Crippen molar-refractivity contribution in [1.29, 1.82) is 0 Å². The van der Waals surface area contributed by atoms with Gasteiger partial charge in [-0.2, -0.15) is 5.10 Å². The lowest BCUT2D eigenvalue weighted by Gasteiger charge is -2.27. The Labute approximate surface area is 163 Å². The molecule has 4 heterocycles. The highest BCUT2D eigenvalue weighted by Crippen LogP contribution is 2.32. The third-order valence-corrected chi connectivity index (χ3v) is 5.28. The molecule has 4 aromatic rings. The molecule has 1 aromatic carbocycles. The van der Waals surface area contributed by atoms with Crippen molar-refractivity contribution in [2.24, 2.45) is 0 Å². The molecule has 2 N–H and O–H groups in total. The molecule has 3 aromatic heterocycles. The minimum Gasteiger partial charge on any atom is -0.353 e. The molecule has 1 atom stereocenters. The van der Waals surface area contributed by atoms with Crippen LogP contribution in [0.2, 0.25) is 0 Å². The van der Waals surface area contributed by atoms with Gasteiger partial charge in [-0.3, -0.25) is 9.89 Å². The van der Waals surface area contributed by atoms with Crippen molar-refractivity contribution >= 4 is 28.3 Å². The van der Waals surface area contributed by atoms with Crippen LogP contribution in [-0.2, 0) is 4.79 Å². The predicted octanol–water partition coefficient (Wildman–Crippen LogP) is 1.97. The molecule has 0 bridgehead atoms. The normalized spacial score (nSPS) is 15.8. The summed E-state index contributed by atoms with van der Waals surface area (Å²) in [5, 5.41) is 14.0. The first-order chi connectivity index (χ1) is 14.0. The number of anilines is 1. The van der Waals surface area contributed by atoms with E-state index in [2.05, 4.69) is 25.6 Å². The van der Waals surface area contributed by atoms with E-state index in [4.69, 9.17) is 0 Å². The van der Waals surface area contributed by atoms with Gasteiger partial charge in [0, 0.05) is 30.6 Å². The Hall–Kier alpha value is -3.56. The van der Waals surface area contributed by atoms with E-state index in [-0.39, 0.29) is 23.4 Å². The molecular formula is C19H17F2N7O. The van der Waals surface area contributed by atoms with Crippen molar-refractivity contribution in [3.63, 3.8) is 0 Å². The molecule has 1 aliphatic heterocycles. The van der Waals surface area contributed by atoms with Crippen LogP contribution < -0.4 is 10.2 Å². The average Bonchev–Trinajstić information content (AvgIpc) is 3.34. The van der Waals surface area contributed by atoms with Crippen LogP contribution in [0, 0.1) is 11.6 Å². The minimum absolute atomic E-state index is 0.0646. The molecule has 0 saturated carbocycles. The van der Waals surface area contributed by atoms with Crippen molar-refractivity contribution < 1.29 is 13.6 Å². The number of carbonyl (C=O) groups is 1. The van der Waals surface area contributed by atoms with E-state index in [9.17, 15) is 9.18 Å². The number of hydrogen-bond acceptors (Lipinski definition) is 5. The van der Waals surface area contributed by atoms with Crippen LogP contribution in [0.1, 0.15) is 24.1 Å². The molecule has 1 unspecified atom stereocenters. The van der Waals surface area contributed by atoms with Crippen LogP contribution in [0.3, 0.4) is 0 Å². The fourth-order valence-corrected chi connectivity index (χ4v) is 3.76. The summed E-state index contributed by atoms with van der Waals surface area (Å²) in [7, 11) is 0. The zero-order valence-corrected chi connectivity index (χ0v) is 15.5. The van der Waals surface area contributed by atoms with Crippen LogP contribution >= 0.6 is 0 Å². The van der Waals surface area contributed by atoms with Crippen molar-refractivity contribution in [2.45, 2.75) is 12.8 Å². The molecule has 8 nitrogen and oxygen atoms in total. The summed E-state index contributed by atoms with van der Waals surface area (Å²) < 4.78 is 31.3. The summed E-state index contributed by atoms with van der Waals surface area (Å²) in [6.07, 6.45) is 2.91. The van der Waals surface area contributed by atoms with E-state index in [1.807, 2.05) is 4.90 Å². The number of nitrogens with zero attached hydrogens (tertiary/aromatic N) is 5. The zero-order valence-electron chi connectivity index (χ0n) is 15.5. The first-order valence-corrected chi connectivity index (χ1v) is 9.20. The van der Waals surface area contributed by atoms with E-state index >= 15 is 4.39 Å². The molecule has 1 amide bonds. The summed E-state index contributed by atoms with van der Waals surface area (Å²) >= 11 is 0. The first kappa shape index (κ1) is 17.5. The molecule has 29 heavy (non-hydrogen) atoms. The van der Waals surface area contributed by atoms with Gasteiger partial charge < -0.3 is 10.2 Å². The van der Waals surface area contributed by atoms with Gasteiger partial charge in [0.2, 0.25) is 5.91 Å². The van der Waals surface area contributed by atoms with Gasteiger partial charge in [0.25, 0.3) is 0 Å². The smallest absolute Gasteiger partial charge is 0.239 e. The maximum Gasteiger partial charge on any atom is 0.239 e. The van der Waals surface area contributed by atoms with Crippen LogP contribution in [0.25, 0.3) is 16.6 Å². The van der Waals surface area contributed by atoms with Gasteiger partial charge in [0.15, 0.2) is 5.65 Å². The summed E-state index contributed by atoms with van der Waals surface area (Å²) in [4.78, 5) is 17.9. The molecule has 0 radical (unpaired) electrons. The quantitative estimate of drug-likeness (QED) is 0.552. The maximum atomic E-state index is 15.0. The van der Waals surface area contributed by atoms with Gasteiger partial charge in [-0.1, -0.05) is 6.92 Å². The monoisotopic (exact) mass is 397 g/mol. The number of amides is 1. The van der Waals surface area contributed by atoms with Crippen LogP contribution in [0.4, 0.5) is 14.6 Å². The second-order valence-corrected chi connectivity index (χ2v) is 7.06. The molecule has 0 aliphatic carbocycles. The largest absolute Gasteiger partial charge is 0.353 e. The molecule has 148 valence electrons. The Balaban J connectivity index is 1.60. The molecule has 1 aliphatic rings. The number of fused-ring (bicyclic) bond motifs is 2. The average molecular weight is 397 g/mol. The maximum absolute atomic E-state index is 15.0. The fourth-order valence-electron chi connectivity index (χ4n) is 3.76. The second-order valence-electron chi connectivity index (χ2n) is 7.06. The number of rotatable bonds is 3. The number of aromatic amines is 1. The number of halogens is 2. The van der Waals surface area contributed by atoms with E-state index < -0.39 is 17.6 Å². The lowest BCUT2D eigenvalue weighted by molar-refractivity contribution is -0.120. The number of benzene rings is 1. The van der Waals surface area contributed by atoms with Gasteiger partial charge in [0.05, 0.1) is 35.5 Å². The van der Waals surface area contributed by atoms with Crippen LogP contribution in [-0.4, -0.2) is 50.3 Å². The third kappa shape index (κ3) is 2.79. The summed E-state index contributed by atoms with van der Waals surface area (Å²) in [6.45, 7) is 3.08. The number of imidazole rings is 1. The van der Waals surface area contributed by atoms with E-state index in [1.54, 1.807) is 29.8 Å². The number of H-pyrrole nitrogens is 1. The number of nitrogens with one attached hydrogen (secondary N) is 2. The number of hydrogen-bond donors (Lipinski definition) is 2. The molecule has 1 fully saturated rings. The Morgan fingerprint density at radius 2 is 2.10 bits per heavy atom. The van der Waals surface area contributed by atoms with Gasteiger partial charge in [-0.05, 0) is 12.1 Å².